The van der Waals surface area contributed by atoms with Gasteiger partial charge in [-0.2, -0.15) is 0 Å². The van der Waals surface area contributed by atoms with Crippen LogP contribution in [-0.2, 0) is 13.1 Å². The molecule has 7 heteroatoms. The molecule has 110 valence electrons. The van der Waals surface area contributed by atoms with E-state index < -0.39 is 0 Å². The van der Waals surface area contributed by atoms with E-state index in [1.54, 1.807) is 29.7 Å². The van der Waals surface area contributed by atoms with E-state index in [2.05, 4.69) is 39.0 Å². The Morgan fingerprint density at radius 1 is 1.30 bits per heavy atom. The van der Waals surface area contributed by atoms with E-state index in [-0.39, 0.29) is 24.0 Å². The van der Waals surface area contributed by atoms with Crippen molar-refractivity contribution in [3.8, 4) is 0 Å². The molecule has 0 aliphatic heterocycles. The van der Waals surface area contributed by atoms with Crippen molar-refractivity contribution >= 4 is 52.6 Å². The summed E-state index contributed by atoms with van der Waals surface area (Å²) in [4.78, 5) is 11.0. The lowest BCUT2D eigenvalue weighted by Gasteiger charge is -2.10. The van der Waals surface area contributed by atoms with Crippen molar-refractivity contribution in [2.75, 3.05) is 7.05 Å². The van der Waals surface area contributed by atoms with Crippen LogP contribution in [0.25, 0.3) is 0 Å². The maximum atomic E-state index is 4.24. The standard InChI is InChI=1S/C13H18N4S2.HI/c1-9-4-5-18-12(9)8-17-13(14-3)16-7-11-6-15-10(2)19-11;/h4-6H,7-8H2,1-3H3,(H2,14,16,17);1H. The fraction of sp³-hybridized carbons (Fsp3) is 0.385. The first-order valence-electron chi connectivity index (χ1n) is 6.08. The van der Waals surface area contributed by atoms with Crippen molar-refractivity contribution < 1.29 is 0 Å². The normalized spacial score (nSPS) is 11.1. The van der Waals surface area contributed by atoms with Crippen molar-refractivity contribution in [3.63, 3.8) is 0 Å². The van der Waals surface area contributed by atoms with Crippen LogP contribution >= 0.6 is 46.7 Å². The molecule has 0 unspecified atom stereocenters. The molecular formula is C13H19IN4S2. The van der Waals surface area contributed by atoms with Gasteiger partial charge in [-0.05, 0) is 30.9 Å². The van der Waals surface area contributed by atoms with Gasteiger partial charge in [-0.25, -0.2) is 4.98 Å². The van der Waals surface area contributed by atoms with Crippen molar-refractivity contribution in [3.05, 3.63) is 38.0 Å². The second kappa shape index (κ2) is 8.58. The van der Waals surface area contributed by atoms with E-state index in [9.17, 15) is 0 Å². The molecule has 4 nitrogen and oxygen atoms in total. The molecule has 0 saturated heterocycles. The molecular weight excluding hydrogens is 403 g/mol. The van der Waals surface area contributed by atoms with E-state index in [1.165, 1.54) is 15.3 Å². The Morgan fingerprint density at radius 3 is 2.60 bits per heavy atom. The Hall–Kier alpha value is -0.670. The molecule has 0 fully saturated rings. The van der Waals surface area contributed by atoms with Crippen molar-refractivity contribution in [1.82, 2.24) is 15.6 Å². The van der Waals surface area contributed by atoms with Crippen molar-refractivity contribution in [2.24, 2.45) is 4.99 Å². The van der Waals surface area contributed by atoms with Gasteiger partial charge >= 0.3 is 0 Å². The SMILES string of the molecule is CN=C(NCc1cnc(C)s1)NCc1sccc1C.I. The molecule has 2 aromatic heterocycles. The Kier molecular flexibility index (Phi) is 7.46. The summed E-state index contributed by atoms with van der Waals surface area (Å²) in [6.07, 6.45) is 1.91. The zero-order valence-electron chi connectivity index (χ0n) is 11.8. The number of hydrogen-bond acceptors (Lipinski definition) is 4. The molecule has 0 aliphatic carbocycles. The zero-order valence-corrected chi connectivity index (χ0v) is 15.7. The largest absolute Gasteiger partial charge is 0.352 e. The number of aromatic nitrogens is 1. The van der Waals surface area contributed by atoms with Crippen LogP contribution < -0.4 is 10.6 Å². The highest BCUT2D eigenvalue weighted by molar-refractivity contribution is 14.0. The number of nitrogens with zero attached hydrogens (tertiary/aromatic N) is 2. The summed E-state index contributed by atoms with van der Waals surface area (Å²) in [5.41, 5.74) is 1.33. The van der Waals surface area contributed by atoms with Gasteiger partial charge in [0, 0.05) is 23.0 Å². The number of thiophene rings is 1. The Morgan fingerprint density at radius 2 is 2.05 bits per heavy atom. The van der Waals surface area contributed by atoms with Gasteiger partial charge in [0.25, 0.3) is 0 Å². The molecule has 20 heavy (non-hydrogen) atoms. The summed E-state index contributed by atoms with van der Waals surface area (Å²) in [7, 11) is 1.79. The molecule has 2 N–H and O–H groups in total. The van der Waals surface area contributed by atoms with Crippen LogP contribution in [0.2, 0.25) is 0 Å². The minimum absolute atomic E-state index is 0. The van der Waals surface area contributed by atoms with Crippen molar-refractivity contribution in [2.45, 2.75) is 26.9 Å². The number of nitrogens with one attached hydrogen (secondary N) is 2. The zero-order chi connectivity index (χ0) is 13.7. The first-order valence-corrected chi connectivity index (χ1v) is 7.77. The molecule has 0 radical (unpaired) electrons. The average molecular weight is 422 g/mol. The van der Waals surface area contributed by atoms with Gasteiger partial charge in [-0.15, -0.1) is 46.7 Å². The second-order valence-corrected chi connectivity index (χ2v) is 6.47. The lowest BCUT2D eigenvalue weighted by atomic mass is 10.3. The Balaban J connectivity index is 0.00000200. The number of thiazole rings is 1. The lowest BCUT2D eigenvalue weighted by molar-refractivity contribution is 0.819. The van der Waals surface area contributed by atoms with Crippen LogP contribution in [0, 0.1) is 13.8 Å². The van der Waals surface area contributed by atoms with Gasteiger partial charge in [-0.1, -0.05) is 0 Å². The number of rotatable bonds is 4. The fourth-order valence-electron chi connectivity index (χ4n) is 1.63. The molecule has 2 heterocycles. The number of aliphatic imine (C=N–C) groups is 1. The van der Waals surface area contributed by atoms with E-state index >= 15 is 0 Å². The van der Waals surface area contributed by atoms with Crippen LogP contribution in [0.5, 0.6) is 0 Å². The van der Waals surface area contributed by atoms with Gasteiger partial charge in [0.1, 0.15) is 0 Å². The van der Waals surface area contributed by atoms with Gasteiger partial charge in [0.15, 0.2) is 5.96 Å². The summed E-state index contributed by atoms with van der Waals surface area (Å²) in [5.74, 6) is 0.818. The molecule has 2 aromatic rings. The molecule has 0 aromatic carbocycles. The topological polar surface area (TPSA) is 49.3 Å². The minimum atomic E-state index is 0. The van der Waals surface area contributed by atoms with E-state index in [1.807, 2.05) is 13.1 Å². The summed E-state index contributed by atoms with van der Waals surface area (Å²) in [6, 6.07) is 2.14. The molecule has 0 atom stereocenters. The van der Waals surface area contributed by atoms with Gasteiger partial charge in [0.2, 0.25) is 0 Å². The van der Waals surface area contributed by atoms with Crippen LogP contribution in [0.3, 0.4) is 0 Å². The van der Waals surface area contributed by atoms with E-state index in [4.69, 9.17) is 0 Å². The van der Waals surface area contributed by atoms with Crippen LogP contribution in [0.4, 0.5) is 0 Å². The van der Waals surface area contributed by atoms with Gasteiger partial charge in [-0.3, -0.25) is 4.99 Å². The third kappa shape index (κ3) is 5.02. The molecule has 2 rings (SSSR count). The summed E-state index contributed by atoms with van der Waals surface area (Å²) in [6.45, 7) is 5.71. The molecule has 0 amide bonds. The minimum Gasteiger partial charge on any atom is -0.352 e. The summed E-state index contributed by atoms with van der Waals surface area (Å²) in [5, 5.41) is 9.82. The van der Waals surface area contributed by atoms with Gasteiger partial charge < -0.3 is 10.6 Å². The maximum absolute atomic E-state index is 4.24. The highest BCUT2D eigenvalue weighted by Crippen LogP contribution is 2.14. The number of guanidine groups is 1. The average Bonchev–Trinajstić information content (AvgIpc) is 2.99. The predicted molar refractivity (Wildman–Crippen MR) is 98.4 cm³/mol. The Bertz CT molecular complexity index is 562. The molecule has 0 saturated carbocycles. The predicted octanol–water partition coefficient (Wildman–Crippen LogP) is 3.30. The first kappa shape index (κ1) is 17.4. The molecule has 0 bridgehead atoms. The summed E-state index contributed by atoms with van der Waals surface area (Å²) < 4.78 is 0. The second-order valence-electron chi connectivity index (χ2n) is 4.15. The highest BCUT2D eigenvalue weighted by Gasteiger charge is 2.03. The van der Waals surface area contributed by atoms with Crippen LogP contribution in [0.15, 0.2) is 22.6 Å². The van der Waals surface area contributed by atoms with Crippen molar-refractivity contribution in [1.29, 1.82) is 0 Å². The molecule has 0 spiro atoms. The lowest BCUT2D eigenvalue weighted by Crippen LogP contribution is -2.36. The number of hydrogen-bond donors (Lipinski definition) is 2. The first-order chi connectivity index (χ1) is 9.19. The number of halogens is 1. The third-order valence-corrected chi connectivity index (χ3v) is 4.64. The third-order valence-electron chi connectivity index (χ3n) is 2.71. The highest BCUT2D eigenvalue weighted by atomic mass is 127. The van der Waals surface area contributed by atoms with Gasteiger partial charge in [0.05, 0.1) is 18.1 Å². The van der Waals surface area contributed by atoms with Crippen LogP contribution in [0.1, 0.15) is 20.3 Å². The fourth-order valence-corrected chi connectivity index (χ4v) is 3.21. The number of aryl methyl sites for hydroxylation is 2. The quantitative estimate of drug-likeness (QED) is 0.452. The maximum Gasteiger partial charge on any atom is 0.191 e. The van der Waals surface area contributed by atoms with E-state index in [0.29, 0.717) is 0 Å². The monoisotopic (exact) mass is 422 g/mol. The van der Waals surface area contributed by atoms with E-state index in [0.717, 1.165) is 24.1 Å². The molecule has 0 aliphatic rings. The Labute approximate surface area is 144 Å². The smallest absolute Gasteiger partial charge is 0.191 e. The summed E-state index contributed by atoms with van der Waals surface area (Å²) >= 11 is 3.47. The van der Waals surface area contributed by atoms with Crippen LogP contribution in [-0.4, -0.2) is 18.0 Å².